The van der Waals surface area contributed by atoms with Gasteiger partial charge in [-0.25, -0.2) is 0 Å². The first-order chi connectivity index (χ1) is 25.7. The monoisotopic (exact) mass is 814 g/mol. The molecule has 1 aromatic carbocycles. The molecule has 1 radical (unpaired) electrons. The smallest absolute Gasteiger partial charge is 0.296 e. The minimum absolute atomic E-state index is 0. The molecule has 303 valence electrons. The largest absolute Gasteiger partial charge is 0.398 e. The molecular formula is C39H61CuN9O4S. The van der Waals surface area contributed by atoms with Crippen molar-refractivity contribution in [1.82, 2.24) is 42.5 Å². The molecule has 5 saturated heterocycles. The van der Waals surface area contributed by atoms with Crippen LogP contribution in [0.25, 0.3) is 0 Å². The van der Waals surface area contributed by atoms with Crippen molar-refractivity contribution in [2.45, 2.75) is 151 Å². The predicted molar refractivity (Wildman–Crippen MR) is 201 cm³/mol. The molecule has 1 aromatic rings. The number of fused-ring (bicyclic) bond motifs is 20. The fourth-order valence-electron chi connectivity index (χ4n) is 13.5. The van der Waals surface area contributed by atoms with Crippen LogP contribution in [-0.2, 0) is 27.2 Å². The zero-order valence-electron chi connectivity index (χ0n) is 31.1. The molecule has 9 fully saturated rings. The molecule has 54 heavy (non-hydrogen) atoms. The summed E-state index contributed by atoms with van der Waals surface area (Å²) in [4.78, 5) is 14.2. The third-order valence-corrected chi connectivity index (χ3v) is 16.7. The summed E-state index contributed by atoms with van der Waals surface area (Å²) in [5.74, 6) is 3.24. The normalized spacial score (nSPS) is 47.1. The van der Waals surface area contributed by atoms with E-state index in [2.05, 4.69) is 42.5 Å². The molecule has 8 bridgehead atoms. The van der Waals surface area contributed by atoms with Gasteiger partial charge in [-0.3, -0.25) is 51.9 Å². The van der Waals surface area contributed by atoms with Gasteiger partial charge in [-0.2, -0.15) is 8.42 Å². The summed E-state index contributed by atoms with van der Waals surface area (Å²) in [6.45, 7) is 0. The average molecular weight is 816 g/mol. The van der Waals surface area contributed by atoms with Crippen LogP contribution in [0.1, 0.15) is 107 Å². The van der Waals surface area contributed by atoms with Crippen molar-refractivity contribution in [3.05, 3.63) is 23.8 Å². The number of hydrogen-bond donors (Lipinski definition) is 10. The fourth-order valence-corrected chi connectivity index (χ4v) is 14.1. The summed E-state index contributed by atoms with van der Waals surface area (Å²) in [6, 6.07) is 4.33. The van der Waals surface area contributed by atoms with E-state index in [0.717, 1.165) is 19.3 Å². The van der Waals surface area contributed by atoms with E-state index in [-0.39, 0.29) is 89.5 Å². The molecule has 9 aliphatic rings. The average Bonchev–Trinajstić information content (AvgIpc) is 3.90. The van der Waals surface area contributed by atoms with Gasteiger partial charge in [0.1, 0.15) is 4.90 Å². The summed E-state index contributed by atoms with van der Waals surface area (Å²) in [5.41, 5.74) is 6.19. The van der Waals surface area contributed by atoms with Gasteiger partial charge < -0.3 is 5.73 Å². The third-order valence-electron chi connectivity index (χ3n) is 15.8. The Hall–Kier alpha value is -1.20. The second-order valence-electron chi connectivity index (χ2n) is 18.4. The molecule has 4 saturated carbocycles. The second-order valence-corrected chi connectivity index (χ2v) is 19.8. The van der Waals surface area contributed by atoms with E-state index >= 15 is 0 Å². The summed E-state index contributed by atoms with van der Waals surface area (Å²) in [6.07, 6.45) is 19.0. The van der Waals surface area contributed by atoms with Gasteiger partial charge in [0, 0.05) is 34.5 Å². The van der Waals surface area contributed by atoms with Gasteiger partial charge in [0.05, 0.1) is 55.0 Å². The molecule has 10 rings (SSSR count). The number of benzene rings is 1. The van der Waals surface area contributed by atoms with Crippen LogP contribution < -0.4 is 48.3 Å². The maximum Gasteiger partial charge on any atom is 0.296 e. The maximum absolute atomic E-state index is 14.6. The van der Waals surface area contributed by atoms with Crippen molar-refractivity contribution < 1.29 is 34.8 Å². The molecular weight excluding hydrogens is 754 g/mol. The SMILES string of the molecule is Nc1ccc(C(=O)C2CCCC3C4NC5NC(NC6NC(NC7NC(NC(N4)C23)C2CCCCC72)C2CCCCC62)C2CCCCC52)cc1S(=O)(=O)O.[Cu]. The van der Waals surface area contributed by atoms with Crippen LogP contribution in [0.2, 0.25) is 0 Å². The first-order valence-electron chi connectivity index (χ1n) is 21.2. The number of ketones is 1. The fraction of sp³-hybridized carbons (Fsp3) is 0.821. The van der Waals surface area contributed by atoms with Crippen molar-refractivity contribution in [3.63, 3.8) is 0 Å². The van der Waals surface area contributed by atoms with Crippen LogP contribution in [0, 0.1) is 53.3 Å². The molecule has 0 spiro atoms. The Kier molecular flexibility index (Phi) is 10.8. The summed E-state index contributed by atoms with van der Waals surface area (Å²) in [7, 11) is -4.57. The van der Waals surface area contributed by atoms with Crippen molar-refractivity contribution in [2.24, 2.45) is 53.3 Å². The van der Waals surface area contributed by atoms with E-state index in [4.69, 9.17) is 5.73 Å². The van der Waals surface area contributed by atoms with Crippen molar-refractivity contribution >= 4 is 21.6 Å². The van der Waals surface area contributed by atoms with Crippen LogP contribution >= 0.6 is 0 Å². The molecule has 0 amide bonds. The minimum atomic E-state index is -4.57. The molecule has 17 atom stereocenters. The molecule has 0 aromatic heterocycles. The van der Waals surface area contributed by atoms with Gasteiger partial charge in [-0.1, -0.05) is 44.9 Å². The van der Waals surface area contributed by atoms with E-state index in [0.29, 0.717) is 47.2 Å². The number of nitrogen functional groups attached to an aromatic ring is 1. The zero-order chi connectivity index (χ0) is 36.0. The van der Waals surface area contributed by atoms with Crippen molar-refractivity contribution in [3.8, 4) is 0 Å². The third kappa shape index (κ3) is 6.73. The number of carbonyl (C=O) groups is 1. The van der Waals surface area contributed by atoms with Crippen LogP contribution in [-0.4, -0.2) is 68.1 Å². The first kappa shape index (κ1) is 38.3. The Labute approximate surface area is 331 Å². The van der Waals surface area contributed by atoms with Gasteiger partial charge in [0.25, 0.3) is 10.1 Å². The predicted octanol–water partition coefficient (Wildman–Crippen LogP) is 2.54. The Morgan fingerprint density at radius 2 is 0.889 bits per heavy atom. The van der Waals surface area contributed by atoms with Gasteiger partial charge in [0.2, 0.25) is 0 Å². The van der Waals surface area contributed by atoms with E-state index < -0.39 is 15.0 Å². The Balaban J connectivity index is 0.00000384. The van der Waals surface area contributed by atoms with E-state index in [1.807, 2.05) is 0 Å². The zero-order valence-corrected chi connectivity index (χ0v) is 32.9. The van der Waals surface area contributed by atoms with Crippen LogP contribution in [0.5, 0.6) is 0 Å². The summed E-state index contributed by atoms with van der Waals surface area (Å²) < 4.78 is 34.3. The van der Waals surface area contributed by atoms with Crippen LogP contribution in [0.4, 0.5) is 5.69 Å². The summed E-state index contributed by atoms with van der Waals surface area (Å²) in [5, 5.41) is 33.1. The minimum Gasteiger partial charge on any atom is -0.398 e. The van der Waals surface area contributed by atoms with Crippen LogP contribution in [0.3, 0.4) is 0 Å². The molecule has 4 aliphatic carbocycles. The molecule has 5 heterocycles. The van der Waals surface area contributed by atoms with Gasteiger partial charge in [-0.15, -0.1) is 0 Å². The standard InChI is InChI=1S/C39H61N9O4S.Cu/c40-28-17-16-19(18-29(28)53(50,51)52)31(49)26-14-7-15-27-30(26)39-47-37-25-13-6-5-12-24(25)35(45-37)43-33-21-9-2-1-8-20(21)32(41-33)42-34-22-10-3-4-11-23(22)36(44-34)46-38(27)48-39;/h16-18,20-27,30,32-39,41-48H,1-15,40H2,(H,50,51,52);. The van der Waals surface area contributed by atoms with E-state index in [1.165, 1.54) is 89.2 Å². The maximum atomic E-state index is 14.6. The Morgan fingerprint density at radius 3 is 1.28 bits per heavy atom. The second kappa shape index (κ2) is 15.2. The number of anilines is 1. The number of rotatable bonds is 3. The number of nitrogens with two attached hydrogens (primary N) is 1. The first-order valence-corrected chi connectivity index (χ1v) is 22.6. The van der Waals surface area contributed by atoms with Crippen molar-refractivity contribution in [1.29, 1.82) is 0 Å². The van der Waals surface area contributed by atoms with E-state index in [9.17, 15) is 17.8 Å². The summed E-state index contributed by atoms with van der Waals surface area (Å²) >= 11 is 0. The van der Waals surface area contributed by atoms with Gasteiger partial charge >= 0.3 is 0 Å². The topological polar surface area (TPSA) is 194 Å². The molecule has 17 unspecified atom stereocenters. The Morgan fingerprint density at radius 1 is 0.537 bits per heavy atom. The molecule has 13 nitrogen and oxygen atoms in total. The quantitative estimate of drug-likeness (QED) is 0.0928. The van der Waals surface area contributed by atoms with E-state index in [1.54, 1.807) is 6.07 Å². The molecule has 15 heteroatoms. The molecule has 11 N–H and O–H groups in total. The van der Waals surface area contributed by atoms with Crippen LogP contribution in [0.15, 0.2) is 23.1 Å². The molecule has 5 aliphatic heterocycles. The Bertz CT molecular complexity index is 1670. The number of carbonyl (C=O) groups excluding carboxylic acids is 1. The van der Waals surface area contributed by atoms with Gasteiger partial charge in [-0.05, 0) is 111 Å². The number of nitrogens with one attached hydrogen (secondary N) is 8. The van der Waals surface area contributed by atoms with Crippen molar-refractivity contribution in [2.75, 3.05) is 5.73 Å². The number of hydrogen-bond acceptors (Lipinski definition) is 12. The number of Topliss-reactive ketones (excluding diaryl/α,β-unsaturated/α-hetero) is 1. The van der Waals surface area contributed by atoms with Gasteiger partial charge in [0.15, 0.2) is 5.78 Å².